The number of nitrogens with zero attached hydrogens (tertiary/aromatic N) is 4. The molecule has 0 bridgehead atoms. The van der Waals surface area contributed by atoms with E-state index in [1.807, 2.05) is 42.5 Å². The van der Waals surface area contributed by atoms with Crippen LogP contribution in [0.5, 0.6) is 5.75 Å². The molecule has 0 aliphatic rings. The highest BCUT2D eigenvalue weighted by molar-refractivity contribution is 7.22. The van der Waals surface area contributed by atoms with E-state index >= 15 is 0 Å². The van der Waals surface area contributed by atoms with Gasteiger partial charge in [-0.15, -0.1) is 0 Å². The van der Waals surface area contributed by atoms with Gasteiger partial charge in [0.05, 0.1) is 39.8 Å². The lowest BCUT2D eigenvalue weighted by molar-refractivity contribution is -0.380. The number of hydrogen-bond acceptors (Lipinski definition) is 8. The molecule has 156 valence electrons. The molecule has 0 fully saturated rings. The summed E-state index contributed by atoms with van der Waals surface area (Å²) in [5.41, 5.74) is 1.57. The summed E-state index contributed by atoms with van der Waals surface area (Å²) in [4.78, 5) is 28.7. The second kappa shape index (κ2) is 9.02. The number of nitro groups is 1. The van der Waals surface area contributed by atoms with Crippen LogP contribution in [0.25, 0.3) is 10.2 Å². The van der Waals surface area contributed by atoms with Gasteiger partial charge in [-0.05, 0) is 29.8 Å². The molecule has 0 spiro atoms. The smallest absolute Gasteiger partial charge is 0.324 e. The van der Waals surface area contributed by atoms with E-state index in [-0.39, 0.29) is 17.3 Å². The zero-order valence-corrected chi connectivity index (χ0v) is 17.9. The van der Waals surface area contributed by atoms with Crippen LogP contribution in [-0.2, 0) is 11.2 Å². The molecule has 0 radical (unpaired) electrons. The maximum absolute atomic E-state index is 13.1. The fraction of sp³-hybridized carbons (Fsp3) is 0.0952. The predicted molar refractivity (Wildman–Crippen MR) is 122 cm³/mol. The number of benzene rings is 2. The third kappa shape index (κ3) is 4.76. The van der Waals surface area contributed by atoms with Crippen LogP contribution >= 0.6 is 22.7 Å². The zero-order chi connectivity index (χ0) is 21.8. The number of rotatable bonds is 7. The number of hydrazone groups is 1. The van der Waals surface area contributed by atoms with Crippen molar-refractivity contribution < 1.29 is 14.5 Å². The molecule has 4 rings (SSSR count). The first-order valence-electron chi connectivity index (χ1n) is 9.13. The number of fused-ring (bicyclic) bond motifs is 1. The van der Waals surface area contributed by atoms with Gasteiger partial charge in [-0.3, -0.25) is 14.9 Å². The van der Waals surface area contributed by atoms with Crippen LogP contribution in [0.1, 0.15) is 10.4 Å². The first kappa shape index (κ1) is 20.6. The monoisotopic (exact) mass is 452 g/mol. The molecule has 0 unspecified atom stereocenters. The maximum Gasteiger partial charge on any atom is 0.324 e. The van der Waals surface area contributed by atoms with E-state index in [1.54, 1.807) is 19.2 Å². The van der Waals surface area contributed by atoms with Gasteiger partial charge in [0.1, 0.15) is 5.75 Å². The van der Waals surface area contributed by atoms with Crippen LogP contribution in [0.15, 0.2) is 65.8 Å². The first-order valence-corrected chi connectivity index (χ1v) is 10.8. The number of ether oxygens (including phenoxy) is 1. The van der Waals surface area contributed by atoms with Crippen LogP contribution in [0, 0.1) is 10.1 Å². The summed E-state index contributed by atoms with van der Waals surface area (Å²) >= 11 is 2.30. The van der Waals surface area contributed by atoms with Gasteiger partial charge in [0.25, 0.3) is 5.91 Å². The molecular formula is C21H16N4O4S2. The average Bonchev–Trinajstić information content (AvgIpc) is 3.41. The zero-order valence-electron chi connectivity index (χ0n) is 16.3. The molecule has 31 heavy (non-hydrogen) atoms. The molecule has 2 aromatic carbocycles. The number of thiophene rings is 1. The summed E-state index contributed by atoms with van der Waals surface area (Å²) in [6.45, 7) is 0. The largest absolute Gasteiger partial charge is 0.497 e. The Morgan fingerprint density at radius 3 is 2.71 bits per heavy atom. The van der Waals surface area contributed by atoms with E-state index in [4.69, 9.17) is 4.74 Å². The molecule has 0 atom stereocenters. The number of methoxy groups -OCH3 is 1. The number of anilines is 1. The Labute approximate surface area is 185 Å². The number of hydrogen-bond donors (Lipinski definition) is 0. The van der Waals surface area contributed by atoms with Gasteiger partial charge >= 0.3 is 5.00 Å². The highest BCUT2D eigenvalue weighted by Gasteiger charge is 2.20. The van der Waals surface area contributed by atoms with Crippen molar-refractivity contribution in [1.29, 1.82) is 0 Å². The van der Waals surface area contributed by atoms with Gasteiger partial charge in [0.15, 0.2) is 0 Å². The minimum Gasteiger partial charge on any atom is -0.497 e. The number of amides is 1. The van der Waals surface area contributed by atoms with Crippen molar-refractivity contribution >= 4 is 55.1 Å². The number of carbonyl (C=O) groups excluding carboxylic acids is 1. The topological polar surface area (TPSA) is 97.9 Å². The lowest BCUT2D eigenvalue weighted by Gasteiger charge is -2.13. The van der Waals surface area contributed by atoms with Gasteiger partial charge < -0.3 is 4.74 Å². The second-order valence-corrected chi connectivity index (χ2v) is 8.48. The maximum atomic E-state index is 13.1. The molecule has 10 heteroatoms. The van der Waals surface area contributed by atoms with Crippen molar-refractivity contribution in [3.63, 3.8) is 0 Å². The second-order valence-electron chi connectivity index (χ2n) is 6.38. The molecule has 0 aliphatic carbocycles. The molecule has 0 saturated carbocycles. The minimum absolute atomic E-state index is 0.00990. The summed E-state index contributed by atoms with van der Waals surface area (Å²) in [6.07, 6.45) is 1.58. The Hall–Kier alpha value is -3.63. The molecule has 2 heterocycles. The SMILES string of the molecule is COc1ccc2nc(N(/N=C/c3ccc([N+](=O)[O-])s3)C(=O)Cc3ccccc3)sc2c1. The van der Waals surface area contributed by atoms with Crippen molar-refractivity contribution in [2.24, 2.45) is 5.10 Å². The summed E-state index contributed by atoms with van der Waals surface area (Å²) in [5, 5.41) is 16.9. The molecule has 1 amide bonds. The number of carbonyl (C=O) groups is 1. The number of aromatic nitrogens is 1. The van der Waals surface area contributed by atoms with Crippen molar-refractivity contribution in [3.8, 4) is 5.75 Å². The van der Waals surface area contributed by atoms with Crippen molar-refractivity contribution in [2.45, 2.75) is 6.42 Å². The van der Waals surface area contributed by atoms with Crippen LogP contribution in [0.2, 0.25) is 0 Å². The quantitative estimate of drug-likeness (QED) is 0.226. The fourth-order valence-electron chi connectivity index (χ4n) is 2.80. The summed E-state index contributed by atoms with van der Waals surface area (Å²) < 4.78 is 6.12. The molecule has 2 aromatic heterocycles. The Morgan fingerprint density at radius 2 is 2.00 bits per heavy atom. The Kier molecular flexibility index (Phi) is 6.01. The van der Waals surface area contributed by atoms with Gasteiger partial charge in [-0.25, -0.2) is 4.98 Å². The van der Waals surface area contributed by atoms with Crippen LogP contribution < -0.4 is 9.75 Å². The van der Waals surface area contributed by atoms with Gasteiger partial charge in [-0.1, -0.05) is 53.0 Å². The van der Waals surface area contributed by atoms with E-state index in [9.17, 15) is 14.9 Å². The van der Waals surface area contributed by atoms with E-state index in [1.165, 1.54) is 28.6 Å². The third-order valence-corrected chi connectivity index (χ3v) is 6.26. The number of thiazole rings is 1. The fourth-order valence-corrected chi connectivity index (χ4v) is 4.46. The van der Waals surface area contributed by atoms with Crippen molar-refractivity contribution in [3.05, 3.63) is 81.2 Å². The average molecular weight is 453 g/mol. The molecule has 8 nitrogen and oxygen atoms in total. The van der Waals surface area contributed by atoms with Crippen LogP contribution in [-0.4, -0.2) is 29.1 Å². The molecular weight excluding hydrogens is 436 g/mol. The van der Waals surface area contributed by atoms with E-state index in [2.05, 4.69) is 10.1 Å². The van der Waals surface area contributed by atoms with Crippen LogP contribution in [0.4, 0.5) is 10.1 Å². The standard InChI is InChI=1S/C21H16N4O4S2/c1-29-15-7-9-17-18(12-15)31-21(23-17)24(19(26)11-14-5-3-2-4-6-14)22-13-16-8-10-20(30-16)25(27)28/h2-10,12-13H,11H2,1H3/b22-13+. The van der Waals surface area contributed by atoms with E-state index in [0.717, 1.165) is 27.1 Å². The first-order chi connectivity index (χ1) is 15.0. The van der Waals surface area contributed by atoms with Crippen molar-refractivity contribution in [2.75, 3.05) is 12.1 Å². The Balaban J connectivity index is 1.68. The molecule has 0 saturated heterocycles. The Morgan fingerprint density at radius 1 is 1.19 bits per heavy atom. The van der Waals surface area contributed by atoms with E-state index < -0.39 is 4.92 Å². The molecule has 0 aliphatic heterocycles. The lowest BCUT2D eigenvalue weighted by Crippen LogP contribution is -2.27. The molecule has 0 N–H and O–H groups in total. The summed E-state index contributed by atoms with van der Waals surface area (Å²) in [5.74, 6) is 0.429. The highest BCUT2D eigenvalue weighted by Crippen LogP contribution is 2.32. The van der Waals surface area contributed by atoms with Gasteiger partial charge in [0, 0.05) is 6.07 Å². The van der Waals surface area contributed by atoms with Crippen LogP contribution in [0.3, 0.4) is 0 Å². The minimum atomic E-state index is -0.457. The Bertz CT molecular complexity index is 1270. The normalized spacial score (nSPS) is 11.1. The lowest BCUT2D eigenvalue weighted by atomic mass is 10.1. The predicted octanol–water partition coefficient (Wildman–Crippen LogP) is 4.88. The van der Waals surface area contributed by atoms with E-state index in [0.29, 0.717) is 15.8 Å². The highest BCUT2D eigenvalue weighted by atomic mass is 32.1. The molecule has 4 aromatic rings. The van der Waals surface area contributed by atoms with Crippen molar-refractivity contribution in [1.82, 2.24) is 4.98 Å². The van der Waals surface area contributed by atoms with Gasteiger partial charge in [-0.2, -0.15) is 10.1 Å². The van der Waals surface area contributed by atoms with Gasteiger partial charge in [0.2, 0.25) is 5.13 Å². The summed E-state index contributed by atoms with van der Waals surface area (Å²) in [7, 11) is 1.59. The summed E-state index contributed by atoms with van der Waals surface area (Å²) in [6, 6.07) is 17.8. The third-order valence-electron chi connectivity index (χ3n) is 4.29.